The van der Waals surface area contributed by atoms with Crippen molar-refractivity contribution in [3.63, 3.8) is 0 Å². The minimum absolute atomic E-state index is 0.190. The van der Waals surface area contributed by atoms with Crippen molar-refractivity contribution in [1.29, 1.82) is 0 Å². The first kappa shape index (κ1) is 7.74. The molecule has 0 saturated carbocycles. The van der Waals surface area contributed by atoms with E-state index in [0.717, 1.165) is 0 Å². The largest absolute Gasteiger partial charge is 0.465 e. The van der Waals surface area contributed by atoms with Gasteiger partial charge in [0.1, 0.15) is 4.05 Å². The highest BCUT2D eigenvalue weighted by atomic mass is 127. The zero-order chi connectivity index (χ0) is 6.57. The average Bonchev–Trinajstić information content (AvgIpc) is 1.65. The fourth-order valence-electron chi connectivity index (χ4n) is 0.177. The van der Waals surface area contributed by atoms with Crippen LogP contribution in [0.15, 0.2) is 12.7 Å². The van der Waals surface area contributed by atoms with Crippen molar-refractivity contribution in [2.24, 2.45) is 0 Å². The summed E-state index contributed by atoms with van der Waals surface area (Å²) in [5.74, 6) is 0. The molecular formula is C4H6INO2. The van der Waals surface area contributed by atoms with Crippen LogP contribution in [-0.4, -0.2) is 15.2 Å². The lowest BCUT2D eigenvalue weighted by molar-refractivity contribution is 0.195. The molecule has 1 amide bonds. The monoisotopic (exact) mass is 227 g/mol. The van der Waals surface area contributed by atoms with Crippen LogP contribution >= 0.6 is 22.6 Å². The van der Waals surface area contributed by atoms with Gasteiger partial charge in [0, 0.05) is 0 Å². The molecule has 1 unspecified atom stereocenters. The van der Waals surface area contributed by atoms with Crippen LogP contribution in [-0.2, 0) is 0 Å². The molecule has 0 spiro atoms. The molecular weight excluding hydrogens is 221 g/mol. The van der Waals surface area contributed by atoms with E-state index in [4.69, 9.17) is 5.11 Å². The fraction of sp³-hybridized carbons (Fsp3) is 0.250. The van der Waals surface area contributed by atoms with Gasteiger partial charge in [-0.2, -0.15) is 0 Å². The number of hydrogen-bond donors (Lipinski definition) is 2. The van der Waals surface area contributed by atoms with Crippen LogP contribution in [0.5, 0.6) is 0 Å². The summed E-state index contributed by atoms with van der Waals surface area (Å²) in [6.07, 6.45) is 0.485. The molecule has 0 bridgehead atoms. The first-order valence-electron chi connectivity index (χ1n) is 1.93. The smallest absolute Gasteiger partial charge is 0.405 e. The van der Waals surface area contributed by atoms with Crippen molar-refractivity contribution < 1.29 is 9.90 Å². The molecule has 0 radical (unpaired) electrons. The molecule has 46 valence electrons. The third-order valence-electron chi connectivity index (χ3n) is 0.468. The second kappa shape index (κ2) is 3.71. The maximum Gasteiger partial charge on any atom is 0.405 e. The van der Waals surface area contributed by atoms with E-state index in [1.165, 1.54) is 6.08 Å². The minimum Gasteiger partial charge on any atom is -0.465 e. The topological polar surface area (TPSA) is 49.3 Å². The first-order valence-corrected chi connectivity index (χ1v) is 3.17. The summed E-state index contributed by atoms with van der Waals surface area (Å²) in [5, 5.41) is 10.2. The molecule has 8 heavy (non-hydrogen) atoms. The van der Waals surface area contributed by atoms with E-state index < -0.39 is 6.09 Å². The van der Waals surface area contributed by atoms with Gasteiger partial charge in [0.05, 0.1) is 0 Å². The predicted octanol–water partition coefficient (Wildman–Crippen LogP) is 1.20. The number of hydrogen-bond acceptors (Lipinski definition) is 1. The third kappa shape index (κ3) is 3.91. The van der Waals surface area contributed by atoms with Gasteiger partial charge in [0.25, 0.3) is 0 Å². The Balaban J connectivity index is 3.38. The molecule has 0 saturated heterocycles. The van der Waals surface area contributed by atoms with Gasteiger partial charge >= 0.3 is 6.09 Å². The van der Waals surface area contributed by atoms with E-state index in [2.05, 4.69) is 11.9 Å². The average molecular weight is 227 g/mol. The summed E-state index contributed by atoms with van der Waals surface area (Å²) in [6, 6.07) is 0. The molecule has 0 aromatic heterocycles. The minimum atomic E-state index is -1.02. The Morgan fingerprint density at radius 3 is 2.62 bits per heavy atom. The Kier molecular flexibility index (Phi) is 3.59. The highest BCUT2D eigenvalue weighted by Crippen LogP contribution is 1.94. The number of amides is 1. The predicted molar refractivity (Wildman–Crippen MR) is 39.2 cm³/mol. The van der Waals surface area contributed by atoms with Crippen LogP contribution in [0.25, 0.3) is 0 Å². The Labute approximate surface area is 60.9 Å². The van der Waals surface area contributed by atoms with Gasteiger partial charge in [-0.25, -0.2) is 4.79 Å². The first-order chi connectivity index (χ1) is 3.66. The highest BCUT2D eigenvalue weighted by Gasteiger charge is 1.98. The maximum atomic E-state index is 9.80. The van der Waals surface area contributed by atoms with Crippen LogP contribution < -0.4 is 5.32 Å². The van der Waals surface area contributed by atoms with Crippen molar-refractivity contribution in [2.45, 2.75) is 4.05 Å². The maximum absolute atomic E-state index is 9.80. The lowest BCUT2D eigenvalue weighted by Crippen LogP contribution is -2.26. The molecule has 0 aliphatic rings. The van der Waals surface area contributed by atoms with Gasteiger partial charge in [-0.3, -0.25) is 0 Å². The quantitative estimate of drug-likeness (QED) is 0.322. The Hall–Kier alpha value is -0.260. The fourth-order valence-corrected chi connectivity index (χ4v) is 0.443. The third-order valence-corrected chi connectivity index (χ3v) is 1.29. The Bertz CT molecular complexity index is 104. The van der Waals surface area contributed by atoms with Crippen LogP contribution in [0, 0.1) is 0 Å². The number of alkyl halides is 1. The molecule has 4 heteroatoms. The molecule has 0 aromatic rings. The van der Waals surface area contributed by atoms with E-state index in [9.17, 15) is 4.79 Å². The molecule has 2 N–H and O–H groups in total. The molecule has 0 aliphatic heterocycles. The second-order valence-corrected chi connectivity index (χ2v) is 2.43. The number of carbonyl (C=O) groups is 1. The van der Waals surface area contributed by atoms with Crippen molar-refractivity contribution >= 4 is 28.7 Å². The van der Waals surface area contributed by atoms with Gasteiger partial charge in [0.2, 0.25) is 0 Å². The molecule has 0 heterocycles. The zero-order valence-electron chi connectivity index (χ0n) is 4.10. The lowest BCUT2D eigenvalue weighted by Gasteiger charge is -2.00. The van der Waals surface area contributed by atoms with Crippen LogP contribution in [0.4, 0.5) is 4.79 Å². The SMILES string of the molecule is C=CC(I)NC(=O)O. The molecule has 1 atom stereocenters. The summed E-state index contributed by atoms with van der Waals surface area (Å²) >= 11 is 1.91. The molecule has 3 nitrogen and oxygen atoms in total. The van der Waals surface area contributed by atoms with E-state index in [1.54, 1.807) is 0 Å². The highest BCUT2D eigenvalue weighted by molar-refractivity contribution is 14.1. The van der Waals surface area contributed by atoms with Crippen molar-refractivity contribution in [3.05, 3.63) is 12.7 Å². The van der Waals surface area contributed by atoms with Gasteiger partial charge < -0.3 is 10.4 Å². The number of rotatable bonds is 2. The summed E-state index contributed by atoms with van der Waals surface area (Å²) in [4.78, 5) is 9.80. The van der Waals surface area contributed by atoms with Crippen LogP contribution in [0.2, 0.25) is 0 Å². The van der Waals surface area contributed by atoms with Gasteiger partial charge in [-0.1, -0.05) is 28.7 Å². The lowest BCUT2D eigenvalue weighted by atomic mass is 10.6. The normalized spacial score (nSPS) is 12.1. The van der Waals surface area contributed by atoms with Crippen LogP contribution in [0.1, 0.15) is 0 Å². The number of carboxylic acid groups (broad SMARTS) is 1. The summed E-state index contributed by atoms with van der Waals surface area (Å²) in [5.41, 5.74) is 0. The van der Waals surface area contributed by atoms with Crippen LogP contribution in [0.3, 0.4) is 0 Å². The standard InChI is InChI=1S/C4H6INO2/c1-2-3(5)6-4(7)8/h2-3,6H,1H2,(H,7,8). The van der Waals surface area contributed by atoms with Crippen molar-refractivity contribution in [2.75, 3.05) is 0 Å². The molecule has 0 aromatic carbocycles. The summed E-state index contributed by atoms with van der Waals surface area (Å²) < 4.78 is -0.190. The Morgan fingerprint density at radius 1 is 2.00 bits per heavy atom. The molecule has 0 rings (SSSR count). The van der Waals surface area contributed by atoms with E-state index >= 15 is 0 Å². The van der Waals surface area contributed by atoms with Crippen molar-refractivity contribution in [3.8, 4) is 0 Å². The number of nitrogens with one attached hydrogen (secondary N) is 1. The van der Waals surface area contributed by atoms with Gasteiger partial charge in [-0.05, 0) is 0 Å². The van der Waals surface area contributed by atoms with E-state index in [-0.39, 0.29) is 4.05 Å². The van der Waals surface area contributed by atoms with Crippen molar-refractivity contribution in [1.82, 2.24) is 5.32 Å². The second-order valence-electron chi connectivity index (χ2n) is 1.09. The number of halogens is 1. The molecule has 0 fully saturated rings. The zero-order valence-corrected chi connectivity index (χ0v) is 6.25. The molecule has 0 aliphatic carbocycles. The van der Waals surface area contributed by atoms with E-state index in [1.807, 2.05) is 22.6 Å². The Morgan fingerprint density at radius 2 is 2.50 bits per heavy atom. The summed E-state index contributed by atoms with van der Waals surface area (Å²) in [6.45, 7) is 3.38. The van der Waals surface area contributed by atoms with E-state index in [0.29, 0.717) is 0 Å². The van der Waals surface area contributed by atoms with Gasteiger partial charge in [0.15, 0.2) is 0 Å². The van der Waals surface area contributed by atoms with Gasteiger partial charge in [-0.15, -0.1) is 6.58 Å². The summed E-state index contributed by atoms with van der Waals surface area (Å²) in [7, 11) is 0.